The Morgan fingerprint density at radius 3 is 2.63 bits per heavy atom. The van der Waals surface area contributed by atoms with Gasteiger partial charge in [-0.05, 0) is 63.9 Å². The van der Waals surface area contributed by atoms with Gasteiger partial charge in [0.2, 0.25) is 0 Å². The van der Waals surface area contributed by atoms with E-state index >= 15 is 0 Å². The number of aliphatic carboxylic acids is 1. The van der Waals surface area contributed by atoms with Crippen molar-refractivity contribution in [1.29, 1.82) is 0 Å². The maximum atomic E-state index is 11.1. The zero-order valence-electron chi connectivity index (χ0n) is 10.5. The summed E-state index contributed by atoms with van der Waals surface area (Å²) in [5.41, 5.74) is 0.813. The molecule has 1 saturated heterocycles. The van der Waals surface area contributed by atoms with E-state index in [1.807, 2.05) is 6.07 Å². The molecule has 2 rings (SSSR count). The van der Waals surface area contributed by atoms with Crippen LogP contribution in [0.4, 0.5) is 0 Å². The molecule has 1 N–H and O–H groups in total. The minimum Gasteiger partial charge on any atom is -0.481 e. The Balaban J connectivity index is 2.27. The molecule has 0 radical (unpaired) electrons. The lowest BCUT2D eigenvalue weighted by Gasteiger charge is -2.33. The number of rotatable bonds is 4. The van der Waals surface area contributed by atoms with Gasteiger partial charge >= 0.3 is 5.97 Å². The summed E-state index contributed by atoms with van der Waals surface area (Å²) in [6.07, 6.45) is 5.30. The SMILES string of the molecule is O=C(O)CC(c1ncc(Br)cc1Br)N1CCCCC1. The van der Waals surface area contributed by atoms with Crippen LogP contribution < -0.4 is 0 Å². The van der Waals surface area contributed by atoms with Crippen LogP contribution in [-0.2, 0) is 4.79 Å². The van der Waals surface area contributed by atoms with E-state index in [9.17, 15) is 4.79 Å². The van der Waals surface area contributed by atoms with Crippen molar-refractivity contribution in [3.8, 4) is 0 Å². The van der Waals surface area contributed by atoms with Crippen LogP contribution in [0.25, 0.3) is 0 Å². The molecule has 1 aromatic rings. The number of likely N-dealkylation sites (tertiary alicyclic amines) is 1. The highest BCUT2D eigenvalue weighted by Gasteiger charge is 2.27. The molecule has 1 unspecified atom stereocenters. The van der Waals surface area contributed by atoms with Gasteiger partial charge in [0.15, 0.2) is 0 Å². The van der Waals surface area contributed by atoms with Crippen LogP contribution in [0.3, 0.4) is 0 Å². The molecule has 0 bridgehead atoms. The molecular weight excluding hydrogens is 376 g/mol. The third-order valence-corrected chi connectivity index (χ3v) is 4.42. The Morgan fingerprint density at radius 2 is 2.05 bits per heavy atom. The van der Waals surface area contributed by atoms with E-state index in [1.165, 1.54) is 6.42 Å². The second-order valence-corrected chi connectivity index (χ2v) is 6.50. The largest absolute Gasteiger partial charge is 0.481 e. The lowest BCUT2D eigenvalue weighted by molar-refractivity contribution is -0.138. The number of nitrogens with zero attached hydrogens (tertiary/aromatic N) is 2. The molecule has 1 atom stereocenters. The fourth-order valence-electron chi connectivity index (χ4n) is 2.46. The topological polar surface area (TPSA) is 53.4 Å². The normalized spacial score (nSPS) is 18.2. The molecule has 19 heavy (non-hydrogen) atoms. The minimum atomic E-state index is -0.785. The first-order valence-corrected chi connectivity index (χ1v) is 7.93. The second-order valence-electron chi connectivity index (χ2n) is 4.73. The molecule has 104 valence electrons. The number of halogens is 2. The summed E-state index contributed by atoms with van der Waals surface area (Å²) < 4.78 is 1.74. The Bertz CT molecular complexity index is 462. The molecule has 1 fully saturated rings. The molecule has 1 aromatic heterocycles. The van der Waals surface area contributed by atoms with Crippen molar-refractivity contribution < 1.29 is 9.90 Å². The highest BCUT2D eigenvalue weighted by Crippen LogP contribution is 2.32. The van der Waals surface area contributed by atoms with Gasteiger partial charge in [-0.15, -0.1) is 0 Å². The van der Waals surface area contributed by atoms with E-state index in [0.29, 0.717) is 0 Å². The Labute approximate surface area is 129 Å². The van der Waals surface area contributed by atoms with Crippen LogP contribution in [0, 0.1) is 0 Å². The van der Waals surface area contributed by atoms with Gasteiger partial charge in [-0.1, -0.05) is 6.42 Å². The quantitative estimate of drug-likeness (QED) is 0.851. The molecule has 0 spiro atoms. The molecule has 0 saturated carbocycles. The van der Waals surface area contributed by atoms with E-state index in [4.69, 9.17) is 5.11 Å². The van der Waals surface area contributed by atoms with Crippen LogP contribution in [-0.4, -0.2) is 34.0 Å². The molecule has 0 aliphatic carbocycles. The van der Waals surface area contributed by atoms with Gasteiger partial charge in [0.1, 0.15) is 0 Å². The lowest BCUT2D eigenvalue weighted by Crippen LogP contribution is -2.35. The number of aromatic nitrogens is 1. The monoisotopic (exact) mass is 390 g/mol. The first-order chi connectivity index (χ1) is 9.08. The molecular formula is C13H16Br2N2O2. The smallest absolute Gasteiger partial charge is 0.305 e. The number of carboxylic acids is 1. The fourth-order valence-corrected chi connectivity index (χ4v) is 3.72. The maximum Gasteiger partial charge on any atom is 0.305 e. The summed E-state index contributed by atoms with van der Waals surface area (Å²) in [4.78, 5) is 17.8. The molecule has 0 aromatic carbocycles. The standard InChI is InChI=1S/C13H16Br2N2O2/c14-9-6-10(15)13(16-8-9)11(7-12(18)19)17-4-2-1-3-5-17/h6,8,11H,1-5,7H2,(H,18,19). The van der Waals surface area contributed by atoms with Gasteiger partial charge in [-0.3, -0.25) is 14.7 Å². The van der Waals surface area contributed by atoms with Crippen LogP contribution in [0.15, 0.2) is 21.2 Å². The van der Waals surface area contributed by atoms with Gasteiger partial charge in [0.05, 0.1) is 18.2 Å². The van der Waals surface area contributed by atoms with E-state index in [0.717, 1.165) is 40.6 Å². The molecule has 2 heterocycles. The minimum absolute atomic E-state index is 0.0905. The average molecular weight is 392 g/mol. The summed E-state index contributed by atoms with van der Waals surface area (Å²) >= 11 is 6.86. The van der Waals surface area contributed by atoms with Gasteiger partial charge in [0.25, 0.3) is 0 Å². The van der Waals surface area contributed by atoms with E-state index in [2.05, 4.69) is 41.7 Å². The van der Waals surface area contributed by atoms with Crippen molar-refractivity contribution in [3.63, 3.8) is 0 Å². The van der Waals surface area contributed by atoms with Crippen LogP contribution in [0.1, 0.15) is 37.4 Å². The predicted octanol–water partition coefficient (Wildman–Crippen LogP) is 3.61. The molecule has 4 nitrogen and oxygen atoms in total. The second kappa shape index (κ2) is 6.81. The van der Waals surface area contributed by atoms with Gasteiger partial charge in [0, 0.05) is 15.1 Å². The highest BCUT2D eigenvalue weighted by atomic mass is 79.9. The van der Waals surface area contributed by atoms with Crippen LogP contribution in [0.5, 0.6) is 0 Å². The summed E-state index contributed by atoms with van der Waals surface area (Å²) in [6.45, 7) is 1.89. The molecule has 1 aliphatic heterocycles. The van der Waals surface area contributed by atoms with E-state index < -0.39 is 5.97 Å². The van der Waals surface area contributed by atoms with Crippen molar-refractivity contribution in [3.05, 3.63) is 26.9 Å². The Morgan fingerprint density at radius 1 is 1.37 bits per heavy atom. The zero-order chi connectivity index (χ0) is 13.8. The van der Waals surface area contributed by atoms with E-state index in [1.54, 1.807) is 6.20 Å². The van der Waals surface area contributed by atoms with Crippen molar-refractivity contribution in [1.82, 2.24) is 9.88 Å². The highest BCUT2D eigenvalue weighted by molar-refractivity contribution is 9.11. The van der Waals surface area contributed by atoms with Crippen LogP contribution >= 0.6 is 31.9 Å². The summed E-state index contributed by atoms with van der Waals surface area (Å²) in [5, 5.41) is 9.14. The van der Waals surface area contributed by atoms with Gasteiger partial charge < -0.3 is 5.11 Å². The third-order valence-electron chi connectivity index (χ3n) is 3.35. The maximum absolute atomic E-state index is 11.1. The Kier molecular flexibility index (Phi) is 5.36. The van der Waals surface area contributed by atoms with Crippen molar-refractivity contribution >= 4 is 37.8 Å². The summed E-state index contributed by atoms with van der Waals surface area (Å²) in [7, 11) is 0. The molecule has 0 amide bonds. The first-order valence-electron chi connectivity index (χ1n) is 6.34. The average Bonchev–Trinajstić information content (AvgIpc) is 2.37. The predicted molar refractivity (Wildman–Crippen MR) is 80.1 cm³/mol. The number of hydrogen-bond acceptors (Lipinski definition) is 3. The Hall–Kier alpha value is -0.460. The number of hydrogen-bond donors (Lipinski definition) is 1. The van der Waals surface area contributed by atoms with Gasteiger partial charge in [-0.25, -0.2) is 0 Å². The first kappa shape index (κ1) is 14.9. The van der Waals surface area contributed by atoms with Crippen LogP contribution in [0.2, 0.25) is 0 Å². The number of carboxylic acid groups (broad SMARTS) is 1. The van der Waals surface area contributed by atoms with Crippen molar-refractivity contribution in [2.75, 3.05) is 13.1 Å². The zero-order valence-corrected chi connectivity index (χ0v) is 13.7. The van der Waals surface area contributed by atoms with Crippen molar-refractivity contribution in [2.24, 2.45) is 0 Å². The number of carbonyl (C=O) groups is 1. The third kappa shape index (κ3) is 4.00. The van der Waals surface area contributed by atoms with E-state index in [-0.39, 0.29) is 12.5 Å². The summed E-state index contributed by atoms with van der Waals surface area (Å²) in [6, 6.07) is 1.77. The van der Waals surface area contributed by atoms with Crippen molar-refractivity contribution in [2.45, 2.75) is 31.7 Å². The molecule has 1 aliphatic rings. The number of piperidine rings is 1. The lowest BCUT2D eigenvalue weighted by atomic mass is 10.0. The summed E-state index contributed by atoms with van der Waals surface area (Å²) in [5.74, 6) is -0.785. The molecule has 6 heteroatoms. The fraction of sp³-hybridized carbons (Fsp3) is 0.538. The van der Waals surface area contributed by atoms with Gasteiger partial charge in [-0.2, -0.15) is 0 Å². The number of pyridine rings is 1.